The Bertz CT molecular complexity index is 3210. The maximum atomic E-state index is 5.29. The second-order valence-electron chi connectivity index (χ2n) is 13.2. The third-order valence-corrected chi connectivity index (χ3v) is 11.5. The highest BCUT2D eigenvalue weighted by Crippen LogP contribution is 2.44. The van der Waals surface area contributed by atoms with Crippen molar-refractivity contribution < 1.29 is 0 Å². The van der Waals surface area contributed by atoms with Gasteiger partial charge in [0.1, 0.15) is 0 Å². The van der Waals surface area contributed by atoms with E-state index < -0.39 is 0 Å². The van der Waals surface area contributed by atoms with Crippen LogP contribution in [0, 0.1) is 0 Å². The van der Waals surface area contributed by atoms with Crippen LogP contribution in [-0.2, 0) is 0 Å². The molecule has 11 rings (SSSR count). The highest BCUT2D eigenvalue weighted by atomic mass is 32.1. The molecule has 0 spiro atoms. The van der Waals surface area contributed by atoms with Crippen molar-refractivity contribution in [3.63, 3.8) is 0 Å². The molecule has 0 N–H and O–H groups in total. The molecule has 0 aliphatic rings. The fourth-order valence-electron chi connectivity index (χ4n) is 7.89. The number of pyridine rings is 3. The minimum absolute atomic E-state index is 0.933. The van der Waals surface area contributed by atoms with Crippen molar-refractivity contribution in [1.82, 2.24) is 15.0 Å². The zero-order chi connectivity index (χ0) is 33.5. The van der Waals surface area contributed by atoms with Gasteiger partial charge >= 0.3 is 0 Å². The summed E-state index contributed by atoms with van der Waals surface area (Å²) in [4.78, 5) is 14.7. The summed E-state index contributed by atoms with van der Waals surface area (Å²) in [5.41, 5.74) is 9.70. The number of nitrogens with zero attached hydrogens (tertiary/aromatic N) is 3. The Morgan fingerprint density at radius 1 is 0.412 bits per heavy atom. The summed E-state index contributed by atoms with van der Waals surface area (Å²) in [7, 11) is 0. The highest BCUT2D eigenvalue weighted by Gasteiger charge is 2.17. The van der Waals surface area contributed by atoms with Gasteiger partial charge < -0.3 is 0 Å². The van der Waals surface area contributed by atoms with Gasteiger partial charge in [-0.2, -0.15) is 0 Å². The Balaban J connectivity index is 1.04. The molecule has 7 aromatic carbocycles. The summed E-state index contributed by atoms with van der Waals surface area (Å²) in [6.07, 6.45) is 3.68. The lowest BCUT2D eigenvalue weighted by Crippen LogP contribution is -1.91. The normalized spacial score (nSPS) is 11.9. The molecule has 0 aliphatic carbocycles. The molecule has 0 radical (unpaired) electrons. The smallest absolute Gasteiger partial charge is 0.0970 e. The van der Waals surface area contributed by atoms with Crippen molar-refractivity contribution in [3.8, 4) is 33.5 Å². The first kappa shape index (κ1) is 28.4. The fourth-order valence-corrected chi connectivity index (χ4v) is 9.16. The molecule has 0 bridgehead atoms. The number of fused-ring (bicyclic) bond motifs is 11. The number of thiophene rings is 1. The van der Waals surface area contributed by atoms with Crippen LogP contribution in [-0.4, -0.2) is 15.0 Å². The molecule has 0 amide bonds. The molecule has 11 aromatic rings. The third-order valence-electron chi connectivity index (χ3n) is 10.3. The Morgan fingerprint density at radius 3 is 2.04 bits per heavy atom. The van der Waals surface area contributed by atoms with Crippen molar-refractivity contribution in [1.29, 1.82) is 0 Å². The number of hydrogen-bond acceptors (Lipinski definition) is 4. The van der Waals surface area contributed by atoms with Crippen molar-refractivity contribution >= 4 is 85.8 Å². The monoisotopic (exact) mass is 665 g/mol. The highest BCUT2D eigenvalue weighted by molar-refractivity contribution is 7.26. The minimum atomic E-state index is 0.933. The molecule has 4 heteroatoms. The molecule has 0 fully saturated rings. The molecule has 4 heterocycles. The molecular formula is C47H27N3S. The van der Waals surface area contributed by atoms with E-state index in [0.717, 1.165) is 38.6 Å². The molecule has 0 saturated heterocycles. The fraction of sp³-hybridized carbons (Fsp3) is 0. The van der Waals surface area contributed by atoms with Crippen LogP contribution in [0.4, 0.5) is 0 Å². The summed E-state index contributed by atoms with van der Waals surface area (Å²) in [5.74, 6) is 0. The van der Waals surface area contributed by atoms with Gasteiger partial charge in [-0.3, -0.25) is 9.97 Å². The van der Waals surface area contributed by atoms with Crippen LogP contribution in [0.15, 0.2) is 164 Å². The van der Waals surface area contributed by atoms with Gasteiger partial charge in [0.25, 0.3) is 0 Å². The second-order valence-corrected chi connectivity index (χ2v) is 14.2. The van der Waals surface area contributed by atoms with Gasteiger partial charge in [0.05, 0.1) is 22.2 Å². The molecule has 0 aliphatic heterocycles. The second kappa shape index (κ2) is 11.0. The largest absolute Gasteiger partial charge is 0.254 e. The molecule has 0 unspecified atom stereocenters. The van der Waals surface area contributed by atoms with Crippen LogP contribution in [0.2, 0.25) is 0 Å². The SMILES string of the molecule is c1cc(-c2ccc3cc(-c4cc5cccnc5c5ncccc45)ccc3c2)cc(-c2nc3ccccc3c3c2ccc2c4ccccc4sc23)c1. The lowest BCUT2D eigenvalue weighted by Gasteiger charge is -2.13. The predicted molar refractivity (Wildman–Crippen MR) is 217 cm³/mol. The summed E-state index contributed by atoms with van der Waals surface area (Å²) in [5, 5.41) is 10.9. The molecule has 236 valence electrons. The van der Waals surface area contributed by atoms with E-state index in [9.17, 15) is 0 Å². The lowest BCUT2D eigenvalue weighted by atomic mass is 9.93. The maximum Gasteiger partial charge on any atom is 0.0970 e. The van der Waals surface area contributed by atoms with Crippen molar-refractivity contribution in [3.05, 3.63) is 164 Å². The van der Waals surface area contributed by atoms with Gasteiger partial charge in [-0.1, -0.05) is 103 Å². The molecule has 4 aromatic heterocycles. The Hall–Kier alpha value is -6.49. The first-order valence-electron chi connectivity index (χ1n) is 17.2. The number of aromatic nitrogens is 3. The maximum absolute atomic E-state index is 5.29. The molecular weight excluding hydrogens is 639 g/mol. The van der Waals surface area contributed by atoms with Crippen molar-refractivity contribution in [2.45, 2.75) is 0 Å². The van der Waals surface area contributed by atoms with E-state index in [0.29, 0.717) is 0 Å². The van der Waals surface area contributed by atoms with E-state index in [-0.39, 0.29) is 0 Å². The number of rotatable bonds is 3. The van der Waals surface area contributed by atoms with Crippen molar-refractivity contribution in [2.24, 2.45) is 0 Å². The van der Waals surface area contributed by atoms with Gasteiger partial charge in [-0.15, -0.1) is 11.3 Å². The van der Waals surface area contributed by atoms with Gasteiger partial charge in [-0.25, -0.2) is 4.98 Å². The molecule has 0 saturated carbocycles. The van der Waals surface area contributed by atoms with Gasteiger partial charge in [-0.05, 0) is 81.6 Å². The Morgan fingerprint density at radius 2 is 1.12 bits per heavy atom. The first-order valence-corrected chi connectivity index (χ1v) is 18.0. The number of benzene rings is 7. The third kappa shape index (κ3) is 4.40. The topological polar surface area (TPSA) is 38.7 Å². The van der Waals surface area contributed by atoms with Crippen LogP contribution in [0.25, 0.3) is 108 Å². The molecule has 51 heavy (non-hydrogen) atoms. The van der Waals surface area contributed by atoms with E-state index in [4.69, 9.17) is 9.97 Å². The lowest BCUT2D eigenvalue weighted by molar-refractivity contribution is 1.37. The molecule has 3 nitrogen and oxygen atoms in total. The van der Waals surface area contributed by atoms with E-state index in [2.05, 4.69) is 145 Å². The van der Waals surface area contributed by atoms with Crippen LogP contribution >= 0.6 is 11.3 Å². The average Bonchev–Trinajstić information content (AvgIpc) is 3.59. The predicted octanol–water partition coefficient (Wildman–Crippen LogP) is 13.0. The zero-order valence-corrected chi connectivity index (χ0v) is 28.2. The van der Waals surface area contributed by atoms with Crippen molar-refractivity contribution in [2.75, 3.05) is 0 Å². The summed E-state index contributed by atoms with van der Waals surface area (Å²) in [6, 6.07) is 54.7. The standard InChI is InChI=1S/C47H27N3S/c1-3-14-41-38(12-1)43-39(21-20-37-35-11-2-4-15-42(35)51-47(37)43)44(50-41)33-9-5-8-28(26-33)29-16-17-31-25-32(19-18-30(31)24-29)40-27-34-10-6-22-48-45(34)46-36(40)13-7-23-49-46/h1-27H. The number of para-hydroxylation sites is 1. The number of hydrogen-bond donors (Lipinski definition) is 0. The van der Waals surface area contributed by atoms with Gasteiger partial charge in [0.15, 0.2) is 0 Å². The van der Waals surface area contributed by atoms with E-state index in [1.165, 1.54) is 69.4 Å². The van der Waals surface area contributed by atoms with E-state index >= 15 is 0 Å². The minimum Gasteiger partial charge on any atom is -0.254 e. The first-order chi connectivity index (χ1) is 25.3. The van der Waals surface area contributed by atoms with Crippen LogP contribution in [0.5, 0.6) is 0 Å². The van der Waals surface area contributed by atoms with Crippen LogP contribution < -0.4 is 0 Å². The quantitative estimate of drug-likeness (QED) is 0.176. The summed E-state index contributed by atoms with van der Waals surface area (Å²) >= 11 is 1.88. The van der Waals surface area contributed by atoms with Crippen LogP contribution in [0.3, 0.4) is 0 Å². The summed E-state index contributed by atoms with van der Waals surface area (Å²) in [6.45, 7) is 0. The van der Waals surface area contributed by atoms with E-state index in [1.54, 1.807) is 0 Å². The Labute approximate surface area is 297 Å². The van der Waals surface area contributed by atoms with Crippen LogP contribution in [0.1, 0.15) is 0 Å². The van der Waals surface area contributed by atoms with Gasteiger partial charge in [0, 0.05) is 65.1 Å². The zero-order valence-electron chi connectivity index (χ0n) is 27.3. The Kier molecular flexibility index (Phi) is 6.12. The van der Waals surface area contributed by atoms with E-state index in [1.807, 2.05) is 35.9 Å². The summed E-state index contributed by atoms with van der Waals surface area (Å²) < 4.78 is 2.64. The average molecular weight is 666 g/mol. The van der Waals surface area contributed by atoms with Gasteiger partial charge in [0.2, 0.25) is 0 Å². The molecule has 0 atom stereocenters.